The van der Waals surface area contributed by atoms with Crippen molar-refractivity contribution < 1.29 is 18.3 Å². The summed E-state index contributed by atoms with van der Waals surface area (Å²) in [6.45, 7) is 5.03. The van der Waals surface area contributed by atoms with Crippen LogP contribution in [-0.2, 0) is 9.84 Å². The highest BCUT2D eigenvalue weighted by Crippen LogP contribution is 2.17. The van der Waals surface area contributed by atoms with Gasteiger partial charge in [-0.05, 0) is 25.5 Å². The molecule has 1 rings (SSSR count). The van der Waals surface area contributed by atoms with Gasteiger partial charge in [0.05, 0.1) is 21.8 Å². The molecule has 0 saturated carbocycles. The van der Waals surface area contributed by atoms with Gasteiger partial charge in [0.15, 0.2) is 9.84 Å². The summed E-state index contributed by atoms with van der Waals surface area (Å²) in [4.78, 5) is 12.1. The number of carbonyl (C=O) groups is 1. The van der Waals surface area contributed by atoms with Crippen LogP contribution in [0.2, 0.25) is 0 Å². The Morgan fingerprint density at radius 3 is 2.45 bits per heavy atom. The summed E-state index contributed by atoms with van der Waals surface area (Å²) < 4.78 is 23.9. The van der Waals surface area contributed by atoms with E-state index in [4.69, 9.17) is 0 Å². The zero-order valence-electron chi connectivity index (χ0n) is 12.0. The average Bonchev–Trinajstić information content (AvgIpc) is 2.45. The topological polar surface area (TPSA) is 83.5 Å². The van der Waals surface area contributed by atoms with Gasteiger partial charge in [0, 0.05) is 6.54 Å². The number of sulfone groups is 1. The van der Waals surface area contributed by atoms with E-state index >= 15 is 0 Å². The van der Waals surface area contributed by atoms with Crippen LogP contribution in [0.4, 0.5) is 0 Å². The van der Waals surface area contributed by atoms with Crippen molar-refractivity contribution in [3.8, 4) is 0 Å². The standard InChI is InChI=1S/C14H21NO4S/c1-4-14(3,17)10-15-13(16)11-8-6-7-9-12(11)20(18,19)5-2/h6-9,17H,4-5,10H2,1-3H3,(H,15,16). The van der Waals surface area contributed by atoms with Gasteiger partial charge in [-0.3, -0.25) is 4.79 Å². The van der Waals surface area contributed by atoms with E-state index in [-0.39, 0.29) is 22.8 Å². The fraction of sp³-hybridized carbons (Fsp3) is 0.500. The number of hydrogen-bond acceptors (Lipinski definition) is 4. The summed E-state index contributed by atoms with van der Waals surface area (Å²) in [6, 6.07) is 6.09. The predicted molar refractivity (Wildman–Crippen MR) is 77.4 cm³/mol. The second-order valence-corrected chi connectivity index (χ2v) is 7.18. The summed E-state index contributed by atoms with van der Waals surface area (Å²) in [5, 5.41) is 12.4. The van der Waals surface area contributed by atoms with Crippen molar-refractivity contribution >= 4 is 15.7 Å². The molecule has 6 heteroatoms. The minimum absolute atomic E-state index is 0.0242. The molecule has 2 N–H and O–H groups in total. The van der Waals surface area contributed by atoms with Crippen LogP contribution >= 0.6 is 0 Å². The molecule has 1 atom stereocenters. The van der Waals surface area contributed by atoms with Gasteiger partial charge in [-0.1, -0.05) is 26.0 Å². The molecule has 0 spiro atoms. The Morgan fingerprint density at radius 2 is 1.90 bits per heavy atom. The maximum absolute atomic E-state index is 12.1. The summed E-state index contributed by atoms with van der Waals surface area (Å²) in [5.74, 6) is -0.560. The fourth-order valence-electron chi connectivity index (χ4n) is 1.57. The molecular weight excluding hydrogens is 278 g/mol. The third kappa shape index (κ3) is 4.05. The second-order valence-electron chi connectivity index (χ2n) is 4.93. The SMILES string of the molecule is CCC(C)(O)CNC(=O)c1ccccc1S(=O)(=O)CC. The molecule has 1 aromatic carbocycles. The molecule has 0 aliphatic carbocycles. The van der Waals surface area contributed by atoms with E-state index in [0.29, 0.717) is 6.42 Å². The molecule has 0 aliphatic heterocycles. The quantitative estimate of drug-likeness (QED) is 0.831. The normalized spacial score (nSPS) is 14.6. The van der Waals surface area contributed by atoms with Gasteiger partial charge >= 0.3 is 0 Å². The molecule has 0 fully saturated rings. The lowest BCUT2D eigenvalue weighted by Crippen LogP contribution is -2.40. The third-order valence-electron chi connectivity index (χ3n) is 3.24. The number of hydrogen-bond donors (Lipinski definition) is 2. The molecule has 1 amide bonds. The average molecular weight is 299 g/mol. The maximum atomic E-state index is 12.1. The summed E-state index contributed by atoms with van der Waals surface area (Å²) >= 11 is 0. The van der Waals surface area contributed by atoms with Crippen LogP contribution < -0.4 is 5.32 Å². The lowest BCUT2D eigenvalue weighted by molar-refractivity contribution is 0.0517. The van der Waals surface area contributed by atoms with E-state index in [1.54, 1.807) is 19.1 Å². The van der Waals surface area contributed by atoms with Crippen LogP contribution in [0.5, 0.6) is 0 Å². The molecule has 5 nitrogen and oxygen atoms in total. The van der Waals surface area contributed by atoms with Crippen molar-refractivity contribution in [2.75, 3.05) is 12.3 Å². The fourth-order valence-corrected chi connectivity index (χ4v) is 2.66. The smallest absolute Gasteiger partial charge is 0.252 e. The Hall–Kier alpha value is -1.40. The van der Waals surface area contributed by atoms with Gasteiger partial charge in [-0.25, -0.2) is 8.42 Å². The van der Waals surface area contributed by atoms with Gasteiger partial charge in [0.2, 0.25) is 0 Å². The van der Waals surface area contributed by atoms with Crippen molar-refractivity contribution in [1.29, 1.82) is 0 Å². The highest BCUT2D eigenvalue weighted by Gasteiger charge is 2.23. The van der Waals surface area contributed by atoms with E-state index < -0.39 is 21.3 Å². The molecule has 0 aliphatic rings. The van der Waals surface area contributed by atoms with E-state index in [9.17, 15) is 18.3 Å². The van der Waals surface area contributed by atoms with E-state index in [2.05, 4.69) is 5.32 Å². The van der Waals surface area contributed by atoms with Gasteiger partial charge < -0.3 is 10.4 Å². The molecule has 0 bridgehead atoms. The Balaban J connectivity index is 3.01. The van der Waals surface area contributed by atoms with Gasteiger partial charge in [0.1, 0.15) is 0 Å². The van der Waals surface area contributed by atoms with Crippen molar-refractivity contribution in [3.63, 3.8) is 0 Å². The van der Waals surface area contributed by atoms with Crippen molar-refractivity contribution in [2.45, 2.75) is 37.7 Å². The first-order valence-corrected chi connectivity index (χ1v) is 8.21. The van der Waals surface area contributed by atoms with Crippen LogP contribution in [-0.4, -0.2) is 37.3 Å². The number of rotatable bonds is 6. The van der Waals surface area contributed by atoms with Crippen LogP contribution in [0, 0.1) is 0 Å². The number of nitrogens with one attached hydrogen (secondary N) is 1. The molecule has 0 radical (unpaired) electrons. The van der Waals surface area contributed by atoms with Gasteiger partial charge in [-0.15, -0.1) is 0 Å². The maximum Gasteiger partial charge on any atom is 0.252 e. The molecular formula is C14H21NO4S. The highest BCUT2D eigenvalue weighted by atomic mass is 32.2. The third-order valence-corrected chi connectivity index (χ3v) is 5.02. The Labute approximate surface area is 119 Å². The summed E-state index contributed by atoms with van der Waals surface area (Å²) in [7, 11) is -3.46. The zero-order valence-corrected chi connectivity index (χ0v) is 12.8. The first-order valence-electron chi connectivity index (χ1n) is 6.56. The first-order chi connectivity index (χ1) is 9.23. The van der Waals surface area contributed by atoms with Crippen LogP contribution in [0.1, 0.15) is 37.6 Å². The Morgan fingerprint density at radius 1 is 1.30 bits per heavy atom. The first kappa shape index (κ1) is 16.7. The zero-order chi connectivity index (χ0) is 15.4. The van der Waals surface area contributed by atoms with E-state index in [1.807, 2.05) is 6.92 Å². The van der Waals surface area contributed by atoms with Crippen LogP contribution in [0.15, 0.2) is 29.2 Å². The number of benzene rings is 1. The van der Waals surface area contributed by atoms with E-state index in [0.717, 1.165) is 0 Å². The summed E-state index contributed by atoms with van der Waals surface area (Å²) in [5.41, 5.74) is -0.893. The molecule has 0 saturated heterocycles. The molecule has 1 aromatic rings. The van der Waals surface area contributed by atoms with Crippen molar-refractivity contribution in [2.24, 2.45) is 0 Å². The second kappa shape index (κ2) is 6.37. The van der Waals surface area contributed by atoms with Gasteiger partial charge in [-0.2, -0.15) is 0 Å². The molecule has 1 unspecified atom stereocenters. The monoisotopic (exact) mass is 299 g/mol. The van der Waals surface area contributed by atoms with Crippen LogP contribution in [0.25, 0.3) is 0 Å². The molecule has 20 heavy (non-hydrogen) atoms. The number of carbonyl (C=O) groups excluding carboxylic acids is 1. The Bertz CT molecular complexity index is 579. The van der Waals surface area contributed by atoms with Crippen LogP contribution in [0.3, 0.4) is 0 Å². The lowest BCUT2D eigenvalue weighted by Gasteiger charge is -2.21. The molecule has 0 heterocycles. The molecule has 112 valence electrons. The minimum atomic E-state index is -3.46. The number of aliphatic hydroxyl groups is 1. The van der Waals surface area contributed by atoms with E-state index in [1.165, 1.54) is 19.1 Å². The van der Waals surface area contributed by atoms with Crippen molar-refractivity contribution in [3.05, 3.63) is 29.8 Å². The Kier molecular flexibility index (Phi) is 5.30. The lowest BCUT2D eigenvalue weighted by atomic mass is 10.0. The summed E-state index contributed by atoms with van der Waals surface area (Å²) in [6.07, 6.45) is 0.488. The predicted octanol–water partition coefficient (Wildman–Crippen LogP) is 1.37. The minimum Gasteiger partial charge on any atom is -0.388 e. The highest BCUT2D eigenvalue weighted by molar-refractivity contribution is 7.91. The number of amides is 1. The van der Waals surface area contributed by atoms with Crippen molar-refractivity contribution in [1.82, 2.24) is 5.32 Å². The van der Waals surface area contributed by atoms with Gasteiger partial charge in [0.25, 0.3) is 5.91 Å². The largest absolute Gasteiger partial charge is 0.388 e. The molecule has 0 aromatic heterocycles.